The molecule has 11 heavy (non-hydrogen) atoms. The van der Waals surface area contributed by atoms with Crippen LogP contribution in [0.15, 0.2) is 22.8 Å². The van der Waals surface area contributed by atoms with E-state index in [9.17, 15) is 0 Å². The van der Waals surface area contributed by atoms with E-state index in [1.54, 1.807) is 24.3 Å². The van der Waals surface area contributed by atoms with Crippen molar-refractivity contribution in [3.05, 3.63) is 31.2 Å². The summed E-state index contributed by atoms with van der Waals surface area (Å²) in [6.07, 6.45) is 1.58. The highest BCUT2D eigenvalue weighted by Gasteiger charge is 2.14. The molecular weight excluding hydrogens is 142 g/mol. The first-order valence-electron chi connectivity index (χ1n) is 3.43. The lowest BCUT2D eigenvalue weighted by atomic mass is 10.2. The Kier molecular flexibility index (Phi) is 2.68. The lowest BCUT2D eigenvalue weighted by Gasteiger charge is -2.18. The van der Waals surface area contributed by atoms with Gasteiger partial charge in [0, 0.05) is 7.05 Å². The van der Waals surface area contributed by atoms with E-state index in [1.165, 1.54) is 0 Å². The molecule has 1 atom stereocenters. The van der Waals surface area contributed by atoms with Crippen LogP contribution in [0.5, 0.6) is 0 Å². The smallest absolute Gasteiger partial charge is 0.123 e. The molecule has 1 heterocycles. The van der Waals surface area contributed by atoms with E-state index in [0.717, 1.165) is 5.76 Å². The quantitative estimate of drug-likeness (QED) is 0.706. The minimum Gasteiger partial charge on any atom is -0.468 e. The molecular formula is C8H12NO2. The Balaban J connectivity index is 2.71. The Morgan fingerprint density at radius 2 is 2.55 bits per heavy atom. The summed E-state index contributed by atoms with van der Waals surface area (Å²) >= 11 is 0. The van der Waals surface area contributed by atoms with Crippen LogP contribution in [-0.2, 0) is 0 Å². The highest BCUT2D eigenvalue weighted by Crippen LogP contribution is 2.17. The number of likely N-dealkylation sites (N-methyl/N-ethyl adjacent to an activating group) is 1. The maximum Gasteiger partial charge on any atom is 0.123 e. The number of hydrogen-bond donors (Lipinski definition) is 1. The monoisotopic (exact) mass is 154 g/mol. The van der Waals surface area contributed by atoms with Gasteiger partial charge in [-0.1, -0.05) is 0 Å². The molecule has 1 radical (unpaired) electrons. The third kappa shape index (κ3) is 1.82. The van der Waals surface area contributed by atoms with Crippen molar-refractivity contribution < 1.29 is 9.52 Å². The van der Waals surface area contributed by atoms with E-state index in [0.29, 0.717) is 0 Å². The van der Waals surface area contributed by atoms with Gasteiger partial charge in [0.25, 0.3) is 0 Å². The molecule has 0 aromatic carbocycles. The molecule has 0 amide bonds. The molecule has 0 aliphatic rings. The third-order valence-corrected chi connectivity index (χ3v) is 1.58. The summed E-state index contributed by atoms with van der Waals surface area (Å²) in [7, 11) is 5.47. The van der Waals surface area contributed by atoms with E-state index >= 15 is 0 Å². The normalized spacial score (nSPS) is 13.8. The van der Waals surface area contributed by atoms with Crippen LogP contribution in [0, 0.1) is 7.05 Å². The third-order valence-electron chi connectivity index (χ3n) is 1.58. The molecule has 0 fully saturated rings. The number of nitrogens with zero attached hydrogens (tertiary/aromatic N) is 1. The van der Waals surface area contributed by atoms with Crippen LogP contribution in [0.25, 0.3) is 0 Å². The summed E-state index contributed by atoms with van der Waals surface area (Å²) in [5.41, 5.74) is 0. The van der Waals surface area contributed by atoms with Gasteiger partial charge in [-0.05, 0) is 19.2 Å². The van der Waals surface area contributed by atoms with Crippen LogP contribution in [-0.4, -0.2) is 23.7 Å². The highest BCUT2D eigenvalue weighted by atomic mass is 16.3. The van der Waals surface area contributed by atoms with Crippen molar-refractivity contribution in [3.8, 4) is 0 Å². The van der Waals surface area contributed by atoms with Crippen molar-refractivity contribution in [3.63, 3.8) is 0 Å². The molecule has 1 aromatic rings. The van der Waals surface area contributed by atoms with Gasteiger partial charge in [0.1, 0.15) is 5.76 Å². The van der Waals surface area contributed by atoms with Crippen molar-refractivity contribution in [2.45, 2.75) is 6.04 Å². The predicted molar refractivity (Wildman–Crippen MR) is 41.7 cm³/mol. The Labute approximate surface area is 66.2 Å². The predicted octanol–water partition coefficient (Wildman–Crippen LogP) is 1.04. The van der Waals surface area contributed by atoms with Crippen molar-refractivity contribution >= 4 is 0 Å². The SMILES string of the molecule is [CH2]N(C)C(CO)c1ccco1. The molecule has 0 spiro atoms. The van der Waals surface area contributed by atoms with Gasteiger partial charge >= 0.3 is 0 Å². The standard InChI is InChI=1S/C8H12NO2/c1-9(2)7(6-10)8-4-3-5-11-8/h3-5,7,10H,1,6H2,2H3. The van der Waals surface area contributed by atoms with E-state index in [2.05, 4.69) is 7.05 Å². The lowest BCUT2D eigenvalue weighted by Crippen LogP contribution is -2.20. The topological polar surface area (TPSA) is 36.6 Å². The molecule has 3 nitrogen and oxygen atoms in total. The van der Waals surface area contributed by atoms with Crippen molar-refractivity contribution in [1.29, 1.82) is 0 Å². The molecule has 1 unspecified atom stereocenters. The number of furan rings is 1. The van der Waals surface area contributed by atoms with Crippen molar-refractivity contribution in [2.24, 2.45) is 0 Å². The molecule has 0 aliphatic carbocycles. The summed E-state index contributed by atoms with van der Waals surface area (Å²) < 4.78 is 5.11. The van der Waals surface area contributed by atoms with E-state index < -0.39 is 0 Å². The molecule has 1 aromatic heterocycles. The zero-order chi connectivity index (χ0) is 8.27. The van der Waals surface area contributed by atoms with Crippen molar-refractivity contribution in [1.82, 2.24) is 4.90 Å². The zero-order valence-electron chi connectivity index (χ0n) is 6.53. The molecule has 1 rings (SSSR count). The Bertz CT molecular complexity index is 194. The zero-order valence-corrected chi connectivity index (χ0v) is 6.53. The second kappa shape index (κ2) is 3.55. The number of aliphatic hydroxyl groups is 1. The van der Waals surface area contributed by atoms with Crippen LogP contribution in [0.4, 0.5) is 0 Å². The fourth-order valence-electron chi connectivity index (χ4n) is 0.927. The van der Waals surface area contributed by atoms with Crippen LogP contribution in [0.1, 0.15) is 11.8 Å². The molecule has 1 N–H and O–H groups in total. The lowest BCUT2D eigenvalue weighted by molar-refractivity contribution is 0.164. The van der Waals surface area contributed by atoms with Gasteiger partial charge in [0.15, 0.2) is 0 Å². The largest absolute Gasteiger partial charge is 0.468 e. The minimum atomic E-state index is -0.134. The summed E-state index contributed by atoms with van der Waals surface area (Å²) in [6.45, 7) is 0.0213. The number of aliphatic hydroxyl groups excluding tert-OH is 1. The fourth-order valence-corrected chi connectivity index (χ4v) is 0.927. The van der Waals surface area contributed by atoms with Gasteiger partial charge in [-0.15, -0.1) is 0 Å². The summed E-state index contributed by atoms with van der Waals surface area (Å²) in [5.74, 6) is 0.741. The van der Waals surface area contributed by atoms with Gasteiger partial charge in [-0.2, -0.15) is 0 Å². The summed E-state index contributed by atoms with van der Waals surface area (Å²) in [4.78, 5) is 1.67. The molecule has 0 bridgehead atoms. The molecule has 3 heteroatoms. The first-order valence-corrected chi connectivity index (χ1v) is 3.43. The maximum atomic E-state index is 8.93. The molecule has 0 saturated carbocycles. The van der Waals surface area contributed by atoms with Crippen molar-refractivity contribution in [2.75, 3.05) is 13.7 Å². The summed E-state index contributed by atoms with van der Waals surface area (Å²) in [5, 5.41) is 8.93. The molecule has 0 saturated heterocycles. The van der Waals surface area contributed by atoms with E-state index in [-0.39, 0.29) is 12.6 Å². The van der Waals surface area contributed by atoms with Gasteiger partial charge in [0.05, 0.1) is 18.9 Å². The van der Waals surface area contributed by atoms with Gasteiger partial charge in [-0.25, -0.2) is 0 Å². The second-order valence-corrected chi connectivity index (χ2v) is 2.47. The highest BCUT2D eigenvalue weighted by molar-refractivity contribution is 5.04. The summed E-state index contributed by atoms with van der Waals surface area (Å²) in [6, 6.07) is 3.48. The van der Waals surface area contributed by atoms with Gasteiger partial charge in [0.2, 0.25) is 0 Å². The van der Waals surface area contributed by atoms with E-state index in [4.69, 9.17) is 9.52 Å². The van der Waals surface area contributed by atoms with Crippen LogP contribution >= 0.6 is 0 Å². The van der Waals surface area contributed by atoms with Gasteiger partial charge < -0.3 is 9.52 Å². The average Bonchev–Trinajstić information content (AvgIpc) is 2.40. The average molecular weight is 154 g/mol. The first-order chi connectivity index (χ1) is 5.25. The van der Waals surface area contributed by atoms with Crippen LogP contribution < -0.4 is 0 Å². The Morgan fingerprint density at radius 3 is 2.91 bits per heavy atom. The number of rotatable bonds is 3. The first kappa shape index (κ1) is 8.30. The number of hydrogen-bond acceptors (Lipinski definition) is 3. The minimum absolute atomic E-state index is 0.0213. The Hall–Kier alpha value is -0.800. The second-order valence-electron chi connectivity index (χ2n) is 2.47. The van der Waals surface area contributed by atoms with Crippen LogP contribution in [0.3, 0.4) is 0 Å². The Morgan fingerprint density at radius 1 is 1.82 bits per heavy atom. The van der Waals surface area contributed by atoms with Gasteiger partial charge in [-0.3, -0.25) is 4.90 Å². The molecule has 0 aliphatic heterocycles. The maximum absolute atomic E-state index is 8.93. The molecule has 61 valence electrons. The van der Waals surface area contributed by atoms with E-state index in [1.807, 2.05) is 6.07 Å². The fraction of sp³-hybridized carbons (Fsp3) is 0.375. The van der Waals surface area contributed by atoms with Crippen LogP contribution in [0.2, 0.25) is 0 Å².